The summed E-state index contributed by atoms with van der Waals surface area (Å²) in [6.45, 7) is 0. The maximum Gasteiger partial charge on any atom is 0.0626 e. The van der Waals surface area contributed by atoms with Crippen molar-refractivity contribution >= 4 is 97.7 Å². The zero-order chi connectivity index (χ0) is 41.6. The van der Waals surface area contributed by atoms with Crippen LogP contribution in [0.5, 0.6) is 0 Å². The van der Waals surface area contributed by atoms with E-state index in [0.717, 1.165) is 0 Å². The third kappa shape index (κ3) is 4.34. The van der Waals surface area contributed by atoms with Gasteiger partial charge in [0.05, 0.1) is 33.1 Å². The van der Waals surface area contributed by atoms with Crippen LogP contribution in [-0.4, -0.2) is 8.80 Å². The van der Waals surface area contributed by atoms with Crippen molar-refractivity contribution in [3.05, 3.63) is 218 Å². The quantitative estimate of drug-likeness (QED) is 0.157. The second kappa shape index (κ2) is 12.6. The van der Waals surface area contributed by atoms with Crippen molar-refractivity contribution in [3.63, 3.8) is 0 Å². The van der Waals surface area contributed by atoms with Crippen molar-refractivity contribution in [1.29, 1.82) is 0 Å². The van der Waals surface area contributed by atoms with Crippen molar-refractivity contribution in [2.75, 3.05) is 0 Å². The summed E-state index contributed by atoms with van der Waals surface area (Å²) in [4.78, 5) is 0. The molecule has 0 amide bonds. The molecule has 0 radical (unpaired) electrons. The van der Waals surface area contributed by atoms with Crippen molar-refractivity contribution in [1.82, 2.24) is 8.80 Å². The number of fused-ring (bicyclic) bond motifs is 14. The molecule has 11 aromatic carbocycles. The number of rotatable bonds is 4. The van der Waals surface area contributed by atoms with Gasteiger partial charge in [-0.2, -0.15) is 0 Å². The first kappa shape index (κ1) is 34.2. The molecule has 4 aromatic heterocycles. The van der Waals surface area contributed by atoms with E-state index < -0.39 is 0 Å². The monoisotopic (exact) mass is 808 g/mol. The Bertz CT molecular complexity index is 4170. The summed E-state index contributed by atoms with van der Waals surface area (Å²) in [5, 5.41) is 15.3. The van der Waals surface area contributed by atoms with E-state index >= 15 is 0 Å². The summed E-state index contributed by atoms with van der Waals surface area (Å²) in [6.07, 6.45) is 0. The molecule has 2 nitrogen and oxygen atoms in total. The van der Waals surface area contributed by atoms with E-state index in [4.69, 9.17) is 0 Å². The van der Waals surface area contributed by atoms with Crippen LogP contribution in [0.3, 0.4) is 0 Å². The highest BCUT2D eigenvalue weighted by Gasteiger charge is 2.25. The second-order valence-corrected chi connectivity index (χ2v) is 17.5. The molecule has 4 heterocycles. The average Bonchev–Trinajstić information content (AvgIpc) is 4.10. The highest BCUT2D eigenvalue weighted by atomic mass is 14.9. The summed E-state index contributed by atoms with van der Waals surface area (Å²) in [5.74, 6) is 0. The molecule has 0 spiro atoms. The van der Waals surface area contributed by atoms with Crippen LogP contribution in [0.1, 0.15) is 0 Å². The molecule has 64 heavy (non-hydrogen) atoms. The van der Waals surface area contributed by atoms with Gasteiger partial charge in [0.2, 0.25) is 0 Å². The third-order valence-electron chi connectivity index (χ3n) is 14.4. The fourth-order valence-electron chi connectivity index (χ4n) is 11.9. The van der Waals surface area contributed by atoms with Crippen molar-refractivity contribution in [3.8, 4) is 44.5 Å². The lowest BCUT2D eigenvalue weighted by Crippen LogP contribution is -1.93. The van der Waals surface area contributed by atoms with Crippen LogP contribution in [0.4, 0.5) is 0 Å². The van der Waals surface area contributed by atoms with Crippen LogP contribution in [0.15, 0.2) is 218 Å². The molecule has 2 heteroatoms. The van der Waals surface area contributed by atoms with E-state index in [1.54, 1.807) is 0 Å². The van der Waals surface area contributed by atoms with Gasteiger partial charge in [0.1, 0.15) is 0 Å². The predicted molar refractivity (Wildman–Crippen MR) is 273 cm³/mol. The number of nitrogens with zero attached hydrogens (tertiary/aromatic N) is 2. The smallest absolute Gasteiger partial charge is 0.0626 e. The van der Waals surface area contributed by atoms with E-state index in [9.17, 15) is 0 Å². The van der Waals surface area contributed by atoms with Crippen LogP contribution >= 0.6 is 0 Å². The van der Waals surface area contributed by atoms with Crippen molar-refractivity contribution < 1.29 is 0 Å². The van der Waals surface area contributed by atoms with Gasteiger partial charge in [-0.3, -0.25) is 0 Å². The summed E-state index contributed by atoms with van der Waals surface area (Å²) in [6, 6.07) is 81.5. The molecule has 0 aliphatic rings. The highest BCUT2D eigenvalue weighted by Crippen LogP contribution is 2.51. The molecule has 0 bridgehead atoms. The van der Waals surface area contributed by atoms with E-state index in [2.05, 4.69) is 227 Å². The molecule has 0 saturated carbocycles. The second-order valence-electron chi connectivity index (χ2n) is 17.5. The van der Waals surface area contributed by atoms with Crippen LogP contribution in [0.25, 0.3) is 142 Å². The first-order valence-corrected chi connectivity index (χ1v) is 22.3. The topological polar surface area (TPSA) is 8.82 Å². The first-order valence-electron chi connectivity index (χ1n) is 22.3. The molecule has 0 aliphatic heterocycles. The van der Waals surface area contributed by atoms with E-state index in [-0.39, 0.29) is 0 Å². The molecule has 0 fully saturated rings. The fraction of sp³-hybridized carbons (Fsp3) is 0. The lowest BCUT2D eigenvalue weighted by molar-refractivity contribution is 1.37. The summed E-state index contributed by atoms with van der Waals surface area (Å²) in [5.41, 5.74) is 17.5. The van der Waals surface area contributed by atoms with E-state index in [1.807, 2.05) is 0 Å². The number of hydrogen-bond acceptors (Lipinski definition) is 0. The molecule has 15 aromatic rings. The Balaban J connectivity index is 1.11. The Kier molecular flexibility index (Phi) is 6.71. The molecule has 0 atom stereocenters. The van der Waals surface area contributed by atoms with Gasteiger partial charge in [0, 0.05) is 43.1 Å². The summed E-state index contributed by atoms with van der Waals surface area (Å²) in [7, 11) is 0. The van der Waals surface area contributed by atoms with E-state index in [0.29, 0.717) is 0 Å². The highest BCUT2D eigenvalue weighted by molar-refractivity contribution is 6.31. The molecule has 0 N–H and O–H groups in total. The maximum absolute atomic E-state index is 2.52. The Morgan fingerprint density at radius 2 is 0.609 bits per heavy atom. The zero-order valence-electron chi connectivity index (χ0n) is 34.7. The molecular weight excluding hydrogens is 773 g/mol. The Morgan fingerprint density at radius 3 is 1.12 bits per heavy atom. The first-order chi connectivity index (χ1) is 31.8. The van der Waals surface area contributed by atoms with Crippen molar-refractivity contribution in [2.45, 2.75) is 0 Å². The lowest BCUT2D eigenvalue weighted by Gasteiger charge is -2.20. The standard InChI is InChI=1S/C62H36N2/c1-2-16-37(17-3-1)38-18-4-5-21-43(38)58-44-26-14-24-39(46-32-34-48-41-19-6-10-28-54(41)63-56-30-12-8-22-50(56)59(46)61(48)63)52(44)36-53-40(25-15-27-45(53)58)47-33-35-49-42-20-7-11-29-55(42)64-57-31-13-9-23-51(57)60(47)62(49)64/h1-36H. The van der Waals surface area contributed by atoms with Crippen LogP contribution in [-0.2, 0) is 0 Å². The van der Waals surface area contributed by atoms with Gasteiger partial charge >= 0.3 is 0 Å². The van der Waals surface area contributed by atoms with Gasteiger partial charge in [0.25, 0.3) is 0 Å². The zero-order valence-corrected chi connectivity index (χ0v) is 34.7. The Hall–Kier alpha value is -8.46. The Labute approximate surface area is 367 Å². The average molecular weight is 809 g/mol. The van der Waals surface area contributed by atoms with Crippen molar-refractivity contribution in [2.24, 2.45) is 0 Å². The van der Waals surface area contributed by atoms with E-state index in [1.165, 1.54) is 142 Å². The van der Waals surface area contributed by atoms with Gasteiger partial charge in [-0.05, 0) is 96.4 Å². The molecule has 0 unspecified atom stereocenters. The minimum absolute atomic E-state index is 1.21. The minimum Gasteiger partial charge on any atom is -0.308 e. The SMILES string of the molecule is c1ccc(-c2ccccc2-c2c3cccc(-c4ccc5c6ccccc6n6c7ccccc7c4c56)c3cc3c(-c4ccc5c6ccccc6n6c7ccccc7c4c56)cccc23)cc1. The summed E-state index contributed by atoms with van der Waals surface area (Å²) >= 11 is 0. The number of para-hydroxylation sites is 4. The number of hydrogen-bond donors (Lipinski definition) is 0. The Morgan fingerprint density at radius 1 is 0.219 bits per heavy atom. The third-order valence-corrected chi connectivity index (χ3v) is 14.4. The fourth-order valence-corrected chi connectivity index (χ4v) is 11.9. The number of aromatic nitrogens is 2. The molecule has 0 saturated heterocycles. The van der Waals surface area contributed by atoms with Gasteiger partial charge in [-0.25, -0.2) is 0 Å². The van der Waals surface area contributed by atoms with Gasteiger partial charge < -0.3 is 8.80 Å². The normalized spacial score (nSPS) is 12.4. The van der Waals surface area contributed by atoms with Gasteiger partial charge in [0.15, 0.2) is 0 Å². The molecular formula is C62H36N2. The van der Waals surface area contributed by atoms with Gasteiger partial charge in [-0.1, -0.05) is 188 Å². The number of benzene rings is 11. The minimum atomic E-state index is 1.21. The predicted octanol–water partition coefficient (Wildman–Crippen LogP) is 17.0. The van der Waals surface area contributed by atoms with Crippen LogP contribution in [0, 0.1) is 0 Å². The maximum atomic E-state index is 2.52. The van der Waals surface area contributed by atoms with Gasteiger partial charge in [-0.15, -0.1) is 0 Å². The lowest BCUT2D eigenvalue weighted by atomic mass is 9.83. The molecule has 15 rings (SSSR count). The summed E-state index contributed by atoms with van der Waals surface area (Å²) < 4.78 is 4.99. The molecule has 0 aliphatic carbocycles. The molecule has 294 valence electrons. The van der Waals surface area contributed by atoms with Crippen LogP contribution < -0.4 is 0 Å². The van der Waals surface area contributed by atoms with Crippen LogP contribution in [0.2, 0.25) is 0 Å². The largest absolute Gasteiger partial charge is 0.308 e.